The minimum Gasteiger partial charge on any atom is -0.455 e. The molecule has 2 aromatic carbocycles. The van der Waals surface area contributed by atoms with E-state index in [1.165, 1.54) is 53.5 Å². The van der Waals surface area contributed by atoms with Crippen LogP contribution in [0.2, 0.25) is 0 Å². The molecule has 51 heavy (non-hydrogen) atoms. The van der Waals surface area contributed by atoms with Crippen LogP contribution >= 0.6 is 0 Å². The Morgan fingerprint density at radius 1 is 1.06 bits per heavy atom. The number of nitrogens with two attached hydrogens (primary N) is 1. The lowest BCUT2D eigenvalue weighted by molar-refractivity contribution is -0.384. The Labute approximate surface area is 292 Å². The van der Waals surface area contributed by atoms with Gasteiger partial charge in [0.1, 0.15) is 11.4 Å². The van der Waals surface area contributed by atoms with Gasteiger partial charge in [0.05, 0.1) is 16.2 Å². The Hall–Kier alpha value is -5.09. The Morgan fingerprint density at radius 2 is 1.82 bits per heavy atom. The van der Waals surface area contributed by atoms with Crippen LogP contribution in [0.4, 0.5) is 23.7 Å². The summed E-state index contributed by atoms with van der Waals surface area (Å²) in [6.07, 6.45) is 4.25. The van der Waals surface area contributed by atoms with Gasteiger partial charge in [0.15, 0.2) is 5.69 Å². The van der Waals surface area contributed by atoms with Crippen LogP contribution in [0.3, 0.4) is 0 Å². The second-order valence-electron chi connectivity index (χ2n) is 13.2. The molecule has 1 saturated heterocycles. The molecule has 272 valence electrons. The van der Waals surface area contributed by atoms with Crippen molar-refractivity contribution in [3.05, 3.63) is 100 Å². The van der Waals surface area contributed by atoms with E-state index >= 15 is 0 Å². The Bertz CT molecular complexity index is 1830. The predicted octanol–water partition coefficient (Wildman–Crippen LogP) is 6.92. The van der Waals surface area contributed by atoms with Crippen molar-refractivity contribution in [1.82, 2.24) is 24.5 Å². The Kier molecular flexibility index (Phi) is 11.2. The highest BCUT2D eigenvalue weighted by atomic mass is 19.4. The van der Waals surface area contributed by atoms with Crippen LogP contribution in [-0.2, 0) is 17.5 Å². The van der Waals surface area contributed by atoms with Crippen LogP contribution in [0.25, 0.3) is 5.69 Å². The number of likely N-dealkylation sites (tertiary alicyclic amines) is 1. The third kappa shape index (κ3) is 9.38. The standard InChI is InChI=1S/C35H40F3N7O6/c1-33(2,51-31(46)30-11-20-44(41-30)32(47)50-29-9-7-27(8-10-29)45(48)49)12-3-4-13-34(15-16-39)14-5-18-42(34)24-25-21-26(35(36,37)38)23-28(22-25)43-19-6-17-40-43/h6-11,17,19-23H,3-5,12-16,18,24,39H2,1-2H3. The lowest BCUT2D eigenvalue weighted by Gasteiger charge is -2.39. The SMILES string of the molecule is CC(C)(CCCCC1(CCN)CCCN1Cc1cc(-n2cccn2)cc(C(F)(F)F)c1)OC(=O)c1ccn(C(=O)Oc2ccc([N+](=O)[O-])cc2)n1. The van der Waals surface area contributed by atoms with Gasteiger partial charge in [-0.2, -0.15) is 28.1 Å². The molecule has 4 aromatic rings. The maximum atomic E-state index is 13.9. The summed E-state index contributed by atoms with van der Waals surface area (Å²) < 4.78 is 54.7. The van der Waals surface area contributed by atoms with Crippen LogP contribution < -0.4 is 10.5 Å². The number of halogens is 3. The summed E-state index contributed by atoms with van der Waals surface area (Å²) in [5.74, 6) is -0.658. The summed E-state index contributed by atoms with van der Waals surface area (Å²) in [6.45, 7) is 5.09. The molecule has 13 nitrogen and oxygen atoms in total. The molecule has 3 heterocycles. The molecule has 0 amide bonds. The number of aromatic nitrogens is 4. The second-order valence-corrected chi connectivity index (χ2v) is 13.2. The first-order chi connectivity index (χ1) is 24.2. The number of carbonyl (C=O) groups is 2. The average molecular weight is 712 g/mol. The van der Waals surface area contributed by atoms with Crippen molar-refractivity contribution in [2.75, 3.05) is 13.1 Å². The van der Waals surface area contributed by atoms with Gasteiger partial charge in [0.25, 0.3) is 5.69 Å². The molecule has 5 rings (SSSR count). The zero-order valence-corrected chi connectivity index (χ0v) is 28.3. The van der Waals surface area contributed by atoms with Crippen molar-refractivity contribution in [2.24, 2.45) is 5.73 Å². The van der Waals surface area contributed by atoms with Crippen LogP contribution in [0.1, 0.15) is 80.4 Å². The molecule has 0 spiro atoms. The summed E-state index contributed by atoms with van der Waals surface area (Å²) in [5.41, 5.74) is 4.85. The zero-order chi connectivity index (χ0) is 36.8. The highest BCUT2D eigenvalue weighted by molar-refractivity contribution is 5.88. The normalized spacial score (nSPS) is 16.7. The summed E-state index contributed by atoms with van der Waals surface area (Å²) in [7, 11) is 0. The summed E-state index contributed by atoms with van der Waals surface area (Å²) in [4.78, 5) is 37.9. The monoisotopic (exact) mass is 711 g/mol. The Balaban J connectivity index is 1.16. The van der Waals surface area contributed by atoms with E-state index in [4.69, 9.17) is 15.2 Å². The van der Waals surface area contributed by atoms with E-state index in [1.54, 1.807) is 32.2 Å². The van der Waals surface area contributed by atoms with Crippen molar-refractivity contribution >= 4 is 17.7 Å². The number of ether oxygens (including phenoxy) is 2. The fourth-order valence-corrected chi connectivity index (χ4v) is 6.58. The largest absolute Gasteiger partial charge is 0.455 e. The Morgan fingerprint density at radius 3 is 2.49 bits per heavy atom. The first-order valence-corrected chi connectivity index (χ1v) is 16.6. The van der Waals surface area contributed by atoms with Crippen molar-refractivity contribution in [3.8, 4) is 11.4 Å². The molecule has 1 unspecified atom stereocenters. The number of carbonyl (C=O) groups excluding carboxylic acids is 2. The third-order valence-electron chi connectivity index (χ3n) is 9.08. The van der Waals surface area contributed by atoms with E-state index in [2.05, 4.69) is 15.1 Å². The van der Waals surface area contributed by atoms with Crippen molar-refractivity contribution in [1.29, 1.82) is 0 Å². The number of nitro benzene ring substituents is 1. The summed E-state index contributed by atoms with van der Waals surface area (Å²) >= 11 is 0. The van der Waals surface area contributed by atoms with Crippen molar-refractivity contribution in [3.63, 3.8) is 0 Å². The quantitative estimate of drug-likeness (QED) is 0.0629. The van der Waals surface area contributed by atoms with Crippen LogP contribution in [-0.4, -0.2) is 65.7 Å². The lowest BCUT2D eigenvalue weighted by Crippen LogP contribution is -2.45. The second kappa shape index (κ2) is 15.4. The molecule has 0 bridgehead atoms. The number of nitrogens with zero attached hydrogens (tertiary/aromatic N) is 6. The van der Waals surface area contributed by atoms with E-state index in [0.717, 1.165) is 43.0 Å². The van der Waals surface area contributed by atoms with Crippen LogP contribution in [0.15, 0.2) is 73.2 Å². The molecule has 1 aliphatic heterocycles. The number of esters is 1. The fraction of sp³-hybridized carbons (Fsp3) is 0.429. The number of unbranched alkanes of at least 4 members (excludes halogenated alkanes) is 1. The van der Waals surface area contributed by atoms with Gasteiger partial charge < -0.3 is 15.2 Å². The van der Waals surface area contributed by atoms with Crippen LogP contribution in [0.5, 0.6) is 5.75 Å². The highest BCUT2D eigenvalue weighted by Gasteiger charge is 2.40. The summed E-state index contributed by atoms with van der Waals surface area (Å²) in [6, 6.07) is 12.0. The maximum Gasteiger partial charge on any atom is 0.440 e. The molecule has 1 aliphatic rings. The average Bonchev–Trinajstić information content (AvgIpc) is 3.86. The predicted molar refractivity (Wildman–Crippen MR) is 179 cm³/mol. The number of non-ortho nitro benzene ring substituents is 1. The van der Waals surface area contributed by atoms with Gasteiger partial charge >= 0.3 is 18.2 Å². The smallest absolute Gasteiger partial charge is 0.440 e. The molecular weight excluding hydrogens is 671 g/mol. The number of nitro groups is 1. The number of alkyl halides is 3. The number of hydrogen-bond donors (Lipinski definition) is 1. The van der Waals surface area contributed by atoms with Gasteiger partial charge in [-0.25, -0.2) is 14.3 Å². The molecule has 1 atom stereocenters. The topological polar surface area (TPSA) is 161 Å². The van der Waals surface area contributed by atoms with Crippen molar-refractivity contribution in [2.45, 2.75) is 82.7 Å². The molecule has 2 N–H and O–H groups in total. The first kappa shape index (κ1) is 37.2. The van der Waals surface area contributed by atoms with Gasteiger partial charge in [0.2, 0.25) is 0 Å². The first-order valence-electron chi connectivity index (χ1n) is 16.6. The van der Waals surface area contributed by atoms with Gasteiger partial charge in [-0.15, -0.1) is 0 Å². The molecule has 0 aliphatic carbocycles. The molecule has 1 fully saturated rings. The van der Waals surface area contributed by atoms with E-state index in [0.29, 0.717) is 43.6 Å². The van der Waals surface area contributed by atoms with Crippen LogP contribution in [0, 0.1) is 10.1 Å². The fourth-order valence-electron chi connectivity index (χ4n) is 6.58. The van der Waals surface area contributed by atoms with Gasteiger partial charge in [-0.1, -0.05) is 6.42 Å². The molecule has 0 saturated carbocycles. The van der Waals surface area contributed by atoms with Gasteiger partial charge in [-0.05, 0) is 113 Å². The molecule has 2 aromatic heterocycles. The van der Waals surface area contributed by atoms with Gasteiger partial charge in [-0.3, -0.25) is 15.0 Å². The minimum atomic E-state index is -4.50. The molecule has 0 radical (unpaired) electrons. The third-order valence-corrected chi connectivity index (χ3v) is 9.08. The number of benzene rings is 2. The molecule has 16 heteroatoms. The minimum absolute atomic E-state index is 0.0653. The highest BCUT2D eigenvalue weighted by Crippen LogP contribution is 2.39. The van der Waals surface area contributed by atoms with E-state index in [-0.39, 0.29) is 22.7 Å². The zero-order valence-electron chi connectivity index (χ0n) is 28.3. The summed E-state index contributed by atoms with van der Waals surface area (Å²) in [5, 5.41) is 18.9. The lowest BCUT2D eigenvalue weighted by atomic mass is 9.85. The van der Waals surface area contributed by atoms with Gasteiger partial charge in [0, 0.05) is 42.8 Å². The molecular formula is C35H40F3N7O6. The van der Waals surface area contributed by atoms with E-state index < -0.39 is 34.3 Å². The number of hydrogen-bond acceptors (Lipinski definition) is 10. The van der Waals surface area contributed by atoms with Crippen molar-refractivity contribution < 1.29 is 37.2 Å². The van der Waals surface area contributed by atoms with E-state index in [1.807, 2.05) is 0 Å². The maximum absolute atomic E-state index is 13.9. The number of rotatable bonds is 14. The van der Waals surface area contributed by atoms with E-state index in [9.17, 15) is 32.9 Å².